The highest BCUT2D eigenvalue weighted by molar-refractivity contribution is 7.54. The minimum atomic E-state index is -3.07. The molecule has 0 aliphatic heterocycles. The minimum absolute atomic E-state index is 0.494. The van der Waals surface area contributed by atoms with Crippen LogP contribution in [-0.4, -0.2) is 12.8 Å². The smallest absolute Gasteiger partial charge is 0.379 e. The van der Waals surface area contributed by atoms with E-state index in [1.165, 1.54) is 38.5 Å². The van der Waals surface area contributed by atoms with Crippen LogP contribution in [0.5, 0.6) is 5.75 Å². The SMILES string of the molecule is CCCCCCCCCCOP(=O)(CCCC)Oc1cc(C)cc(C)c1. The van der Waals surface area contributed by atoms with Gasteiger partial charge in [-0.2, -0.15) is 0 Å². The zero-order chi connectivity index (χ0) is 19.3. The topological polar surface area (TPSA) is 35.5 Å². The van der Waals surface area contributed by atoms with Crippen LogP contribution in [-0.2, 0) is 9.09 Å². The van der Waals surface area contributed by atoms with Gasteiger partial charge in [-0.25, -0.2) is 4.57 Å². The Morgan fingerprint density at radius 3 is 1.88 bits per heavy atom. The van der Waals surface area contributed by atoms with Crippen molar-refractivity contribution in [1.29, 1.82) is 0 Å². The average molecular weight is 383 g/mol. The van der Waals surface area contributed by atoms with E-state index in [-0.39, 0.29) is 0 Å². The van der Waals surface area contributed by atoms with Crippen molar-refractivity contribution in [2.24, 2.45) is 0 Å². The van der Waals surface area contributed by atoms with E-state index in [4.69, 9.17) is 9.05 Å². The Kier molecular flexibility index (Phi) is 12.0. The Hall–Kier alpha value is -0.790. The van der Waals surface area contributed by atoms with Gasteiger partial charge >= 0.3 is 7.60 Å². The lowest BCUT2D eigenvalue weighted by Gasteiger charge is -2.20. The van der Waals surface area contributed by atoms with Crippen LogP contribution in [0.15, 0.2) is 18.2 Å². The van der Waals surface area contributed by atoms with Crippen molar-refractivity contribution >= 4 is 7.60 Å². The first-order valence-corrected chi connectivity index (χ1v) is 12.2. The summed E-state index contributed by atoms with van der Waals surface area (Å²) in [6.07, 6.45) is 12.3. The molecule has 0 radical (unpaired) electrons. The van der Waals surface area contributed by atoms with Gasteiger partial charge in [0.25, 0.3) is 0 Å². The van der Waals surface area contributed by atoms with Gasteiger partial charge in [-0.1, -0.05) is 71.3 Å². The van der Waals surface area contributed by atoms with E-state index in [1.54, 1.807) is 0 Å². The van der Waals surface area contributed by atoms with E-state index in [2.05, 4.69) is 19.9 Å². The highest BCUT2D eigenvalue weighted by atomic mass is 31.2. The first-order chi connectivity index (χ1) is 12.5. The molecule has 0 bridgehead atoms. The summed E-state index contributed by atoms with van der Waals surface area (Å²) in [7, 11) is -3.07. The minimum Gasteiger partial charge on any atom is -0.424 e. The second-order valence-corrected chi connectivity index (χ2v) is 9.52. The first kappa shape index (κ1) is 23.2. The standard InChI is InChI=1S/C22H39O3P/c1-5-7-9-10-11-12-13-14-15-24-26(23,16-8-6-2)25-22-18-20(3)17-21(4)19-22/h17-19H,5-16H2,1-4H3. The monoisotopic (exact) mass is 382 g/mol. The molecule has 1 unspecified atom stereocenters. The molecule has 1 atom stereocenters. The molecule has 1 aromatic carbocycles. The number of hydrogen-bond donors (Lipinski definition) is 0. The van der Waals surface area contributed by atoms with Gasteiger partial charge in [0.2, 0.25) is 0 Å². The van der Waals surface area contributed by atoms with Crippen molar-refractivity contribution in [2.45, 2.75) is 91.9 Å². The Morgan fingerprint density at radius 1 is 0.769 bits per heavy atom. The fourth-order valence-corrected chi connectivity index (χ4v) is 4.88. The van der Waals surface area contributed by atoms with Crippen molar-refractivity contribution in [3.05, 3.63) is 29.3 Å². The second kappa shape index (κ2) is 13.4. The number of rotatable bonds is 15. The lowest BCUT2D eigenvalue weighted by molar-refractivity contribution is 0.256. The van der Waals surface area contributed by atoms with E-state index >= 15 is 0 Å². The van der Waals surface area contributed by atoms with Crippen LogP contribution in [0.1, 0.15) is 89.2 Å². The highest BCUT2D eigenvalue weighted by Gasteiger charge is 2.25. The largest absolute Gasteiger partial charge is 0.424 e. The highest BCUT2D eigenvalue weighted by Crippen LogP contribution is 2.49. The van der Waals surface area contributed by atoms with Gasteiger partial charge < -0.3 is 4.52 Å². The van der Waals surface area contributed by atoms with Gasteiger partial charge in [0.05, 0.1) is 12.8 Å². The predicted molar refractivity (Wildman–Crippen MR) is 112 cm³/mol. The van der Waals surface area contributed by atoms with Crippen LogP contribution in [0.2, 0.25) is 0 Å². The second-order valence-electron chi connectivity index (χ2n) is 7.41. The van der Waals surface area contributed by atoms with E-state index < -0.39 is 7.60 Å². The molecule has 1 aromatic rings. The third-order valence-corrected chi connectivity index (χ3v) is 6.44. The van der Waals surface area contributed by atoms with Gasteiger partial charge in [0, 0.05) is 0 Å². The molecule has 0 aliphatic carbocycles. The number of aryl methyl sites for hydroxylation is 2. The average Bonchev–Trinajstić information content (AvgIpc) is 2.58. The summed E-state index contributed by atoms with van der Waals surface area (Å²) in [5.74, 6) is 0.665. The lowest BCUT2D eigenvalue weighted by atomic mass is 10.1. The fourth-order valence-electron chi connectivity index (χ4n) is 3.07. The molecule has 3 nitrogen and oxygen atoms in total. The molecule has 0 fully saturated rings. The number of benzene rings is 1. The summed E-state index contributed by atoms with van der Waals surface area (Å²) in [5, 5.41) is 0. The number of hydrogen-bond acceptors (Lipinski definition) is 3. The predicted octanol–water partition coefficient (Wildman–Crippen LogP) is 7.83. The van der Waals surface area contributed by atoms with Gasteiger partial charge in [-0.15, -0.1) is 0 Å². The van der Waals surface area contributed by atoms with Crippen LogP contribution in [0.25, 0.3) is 0 Å². The molecule has 0 saturated carbocycles. The summed E-state index contributed by atoms with van der Waals surface area (Å²) in [6.45, 7) is 8.92. The summed E-state index contributed by atoms with van der Waals surface area (Å²) in [4.78, 5) is 0. The third kappa shape index (κ3) is 10.4. The molecular weight excluding hydrogens is 343 g/mol. The van der Waals surface area contributed by atoms with Crippen molar-refractivity contribution < 1.29 is 13.6 Å². The first-order valence-electron chi connectivity index (χ1n) is 10.5. The summed E-state index contributed by atoms with van der Waals surface area (Å²) in [5.41, 5.74) is 2.23. The van der Waals surface area contributed by atoms with Gasteiger partial charge in [0.1, 0.15) is 5.75 Å². The summed E-state index contributed by atoms with van der Waals surface area (Å²) >= 11 is 0. The zero-order valence-corrected chi connectivity index (χ0v) is 18.3. The van der Waals surface area contributed by atoms with Crippen molar-refractivity contribution in [2.75, 3.05) is 12.8 Å². The normalized spacial score (nSPS) is 13.5. The maximum Gasteiger partial charge on any atom is 0.379 e. The quantitative estimate of drug-likeness (QED) is 0.229. The van der Waals surface area contributed by atoms with Crippen LogP contribution < -0.4 is 4.52 Å². The molecule has 0 spiro atoms. The zero-order valence-electron chi connectivity index (χ0n) is 17.4. The Morgan fingerprint density at radius 2 is 1.31 bits per heavy atom. The van der Waals surface area contributed by atoms with Crippen LogP contribution in [0.4, 0.5) is 0 Å². The van der Waals surface area contributed by atoms with E-state index in [0.29, 0.717) is 18.5 Å². The Bertz CT molecular complexity index is 522. The molecule has 4 heteroatoms. The van der Waals surface area contributed by atoms with Crippen LogP contribution in [0, 0.1) is 13.8 Å². The maximum atomic E-state index is 13.1. The number of unbranched alkanes of at least 4 members (excludes halogenated alkanes) is 8. The molecule has 0 aliphatic rings. The molecule has 0 heterocycles. The summed E-state index contributed by atoms with van der Waals surface area (Å²) < 4.78 is 24.8. The third-order valence-electron chi connectivity index (χ3n) is 4.51. The molecule has 0 aromatic heterocycles. The lowest BCUT2D eigenvalue weighted by Crippen LogP contribution is -2.04. The van der Waals surface area contributed by atoms with Crippen molar-refractivity contribution in [3.63, 3.8) is 0 Å². The maximum absolute atomic E-state index is 13.1. The van der Waals surface area contributed by atoms with E-state index in [9.17, 15) is 4.57 Å². The summed E-state index contributed by atoms with van der Waals surface area (Å²) in [6, 6.07) is 5.96. The van der Waals surface area contributed by atoms with Gasteiger partial charge in [-0.3, -0.25) is 4.52 Å². The molecule has 0 saturated heterocycles. The van der Waals surface area contributed by atoms with E-state index in [0.717, 1.165) is 36.8 Å². The molecule has 0 N–H and O–H groups in total. The molecule has 0 amide bonds. The van der Waals surface area contributed by atoms with Crippen LogP contribution in [0.3, 0.4) is 0 Å². The molecule has 150 valence electrons. The van der Waals surface area contributed by atoms with Gasteiger partial charge in [0.15, 0.2) is 0 Å². The fraction of sp³-hybridized carbons (Fsp3) is 0.727. The molecule has 1 rings (SSSR count). The van der Waals surface area contributed by atoms with Gasteiger partial charge in [-0.05, 0) is 49.9 Å². The molecule has 26 heavy (non-hydrogen) atoms. The Labute approximate surface area is 161 Å². The van der Waals surface area contributed by atoms with E-state index in [1.807, 2.05) is 26.0 Å². The van der Waals surface area contributed by atoms with Crippen molar-refractivity contribution in [3.8, 4) is 5.75 Å². The molecular formula is C22H39O3P. The Balaban J connectivity index is 2.41. The van der Waals surface area contributed by atoms with Crippen LogP contribution >= 0.6 is 7.60 Å². The van der Waals surface area contributed by atoms with Crippen molar-refractivity contribution in [1.82, 2.24) is 0 Å².